The van der Waals surface area contributed by atoms with E-state index in [1.165, 1.54) is 11.3 Å². The highest BCUT2D eigenvalue weighted by Gasteiger charge is 2.33. The third-order valence-electron chi connectivity index (χ3n) is 4.35. The molecule has 0 spiro atoms. The van der Waals surface area contributed by atoms with Crippen molar-refractivity contribution in [3.05, 3.63) is 47.5 Å². The van der Waals surface area contributed by atoms with Crippen LogP contribution in [0.2, 0.25) is 0 Å². The number of nitrogens with zero attached hydrogens (tertiary/aromatic N) is 2. The monoisotopic (exact) mass is 345 g/mol. The number of aromatic nitrogens is 1. The molecule has 24 heavy (non-hydrogen) atoms. The Morgan fingerprint density at radius 2 is 2.04 bits per heavy atom. The van der Waals surface area contributed by atoms with Crippen LogP contribution in [-0.2, 0) is 11.3 Å². The van der Waals surface area contributed by atoms with Crippen LogP contribution in [0.5, 0.6) is 0 Å². The summed E-state index contributed by atoms with van der Waals surface area (Å²) >= 11 is 1.40. The first kappa shape index (κ1) is 17.1. The van der Waals surface area contributed by atoms with Gasteiger partial charge in [0.15, 0.2) is 5.13 Å². The van der Waals surface area contributed by atoms with Gasteiger partial charge < -0.3 is 10.4 Å². The maximum absolute atomic E-state index is 12.3. The van der Waals surface area contributed by atoms with Crippen molar-refractivity contribution in [2.24, 2.45) is 0 Å². The van der Waals surface area contributed by atoms with Crippen LogP contribution in [0.15, 0.2) is 41.9 Å². The average Bonchev–Trinajstić information content (AvgIpc) is 3.20. The van der Waals surface area contributed by atoms with Gasteiger partial charge >= 0.3 is 0 Å². The summed E-state index contributed by atoms with van der Waals surface area (Å²) in [6.45, 7) is 1.42. The lowest BCUT2D eigenvalue weighted by molar-refractivity contribution is -0.118. The molecule has 2 aromatic rings. The molecule has 1 fully saturated rings. The summed E-state index contributed by atoms with van der Waals surface area (Å²) in [6, 6.07) is 10.1. The smallest absolute Gasteiger partial charge is 0.240 e. The van der Waals surface area contributed by atoms with E-state index in [0.717, 1.165) is 31.2 Å². The van der Waals surface area contributed by atoms with Gasteiger partial charge in [-0.1, -0.05) is 43.2 Å². The lowest BCUT2D eigenvalue weighted by Gasteiger charge is -2.31. The van der Waals surface area contributed by atoms with Crippen molar-refractivity contribution in [1.82, 2.24) is 9.88 Å². The van der Waals surface area contributed by atoms with Crippen LogP contribution in [0.1, 0.15) is 31.2 Å². The molecule has 1 aliphatic carbocycles. The molecule has 5 nitrogen and oxygen atoms in total. The molecule has 1 amide bonds. The van der Waals surface area contributed by atoms with E-state index in [-0.39, 0.29) is 12.5 Å². The third-order valence-corrected chi connectivity index (χ3v) is 5.04. The molecular formula is C18H23N3O2S. The minimum atomic E-state index is -0.670. The maximum Gasteiger partial charge on any atom is 0.240 e. The summed E-state index contributed by atoms with van der Waals surface area (Å²) in [5.41, 5.74) is 0.470. The van der Waals surface area contributed by atoms with Gasteiger partial charge in [-0.15, -0.1) is 11.3 Å². The van der Waals surface area contributed by atoms with Crippen LogP contribution in [0.3, 0.4) is 0 Å². The van der Waals surface area contributed by atoms with E-state index < -0.39 is 5.60 Å². The average molecular weight is 345 g/mol. The number of carbonyl (C=O) groups excluding carboxylic acids is 1. The van der Waals surface area contributed by atoms with Crippen LogP contribution in [0, 0.1) is 0 Å². The standard InChI is InChI=1S/C18H23N3O2S/c22-16(20-17-19-10-11-24-17)13-21(12-15-6-2-1-3-7-15)14-18(23)8-4-5-9-18/h1-3,6-7,10-11,23H,4-5,8-9,12-14H2,(H,19,20,22). The molecule has 0 bridgehead atoms. The van der Waals surface area contributed by atoms with E-state index in [9.17, 15) is 9.90 Å². The van der Waals surface area contributed by atoms with Crippen molar-refractivity contribution in [3.63, 3.8) is 0 Å². The summed E-state index contributed by atoms with van der Waals surface area (Å²) in [5.74, 6) is -0.0949. The second-order valence-electron chi connectivity index (χ2n) is 6.45. The van der Waals surface area contributed by atoms with Crippen molar-refractivity contribution in [1.29, 1.82) is 0 Å². The van der Waals surface area contributed by atoms with Gasteiger partial charge in [0.05, 0.1) is 12.1 Å². The quantitative estimate of drug-likeness (QED) is 0.810. The second kappa shape index (κ2) is 7.88. The van der Waals surface area contributed by atoms with Crippen LogP contribution in [-0.4, -0.2) is 39.6 Å². The van der Waals surface area contributed by atoms with Gasteiger partial charge in [0.25, 0.3) is 0 Å². The first-order valence-corrected chi connectivity index (χ1v) is 9.19. The minimum Gasteiger partial charge on any atom is -0.389 e. The highest BCUT2D eigenvalue weighted by Crippen LogP contribution is 2.30. The largest absolute Gasteiger partial charge is 0.389 e. The second-order valence-corrected chi connectivity index (χ2v) is 7.34. The molecular weight excluding hydrogens is 322 g/mol. The number of anilines is 1. The molecule has 1 aromatic carbocycles. The Bertz CT molecular complexity index is 640. The van der Waals surface area contributed by atoms with Crippen molar-refractivity contribution in [2.45, 2.75) is 37.8 Å². The Morgan fingerprint density at radius 3 is 2.71 bits per heavy atom. The number of hydrogen-bond acceptors (Lipinski definition) is 5. The molecule has 3 rings (SSSR count). The number of benzene rings is 1. The first-order chi connectivity index (χ1) is 11.6. The molecule has 128 valence electrons. The lowest BCUT2D eigenvalue weighted by atomic mass is 10.0. The summed E-state index contributed by atoms with van der Waals surface area (Å²) in [7, 11) is 0. The van der Waals surface area contributed by atoms with Gasteiger partial charge in [-0.2, -0.15) is 0 Å². The maximum atomic E-state index is 12.3. The lowest BCUT2D eigenvalue weighted by Crippen LogP contribution is -2.44. The van der Waals surface area contributed by atoms with E-state index in [1.54, 1.807) is 6.20 Å². The topological polar surface area (TPSA) is 65.5 Å². The Morgan fingerprint density at radius 1 is 1.29 bits per heavy atom. The fourth-order valence-corrected chi connectivity index (χ4v) is 3.81. The summed E-state index contributed by atoms with van der Waals surface area (Å²) < 4.78 is 0. The summed E-state index contributed by atoms with van der Waals surface area (Å²) in [6.07, 6.45) is 5.41. The molecule has 0 radical (unpaired) electrons. The Kier molecular flexibility index (Phi) is 5.60. The molecule has 0 atom stereocenters. The Balaban J connectivity index is 1.65. The van der Waals surface area contributed by atoms with Crippen molar-refractivity contribution < 1.29 is 9.90 Å². The number of hydrogen-bond donors (Lipinski definition) is 2. The van der Waals surface area contributed by atoms with Gasteiger partial charge in [-0.25, -0.2) is 4.98 Å². The molecule has 0 aliphatic heterocycles. The van der Waals surface area contributed by atoms with Gasteiger partial charge in [0.1, 0.15) is 0 Å². The van der Waals surface area contributed by atoms with Crippen LogP contribution in [0.4, 0.5) is 5.13 Å². The van der Waals surface area contributed by atoms with E-state index >= 15 is 0 Å². The van der Waals surface area contributed by atoms with Gasteiger partial charge in [0, 0.05) is 24.7 Å². The SMILES string of the molecule is O=C(CN(Cc1ccccc1)CC1(O)CCCC1)Nc1nccs1. The molecule has 2 N–H and O–H groups in total. The van der Waals surface area contributed by atoms with E-state index in [4.69, 9.17) is 0 Å². The molecule has 0 saturated heterocycles. The predicted octanol–water partition coefficient (Wildman–Crippen LogP) is 2.89. The summed E-state index contributed by atoms with van der Waals surface area (Å²) in [5, 5.41) is 16.0. The third kappa shape index (κ3) is 4.87. The van der Waals surface area contributed by atoms with Crippen LogP contribution >= 0.6 is 11.3 Å². The van der Waals surface area contributed by atoms with E-state index in [2.05, 4.69) is 10.3 Å². The Labute approximate surface area is 146 Å². The number of carbonyl (C=O) groups is 1. The zero-order chi connectivity index (χ0) is 16.8. The minimum absolute atomic E-state index is 0.0949. The molecule has 1 aromatic heterocycles. The zero-order valence-electron chi connectivity index (χ0n) is 13.6. The first-order valence-electron chi connectivity index (χ1n) is 8.31. The zero-order valence-corrected chi connectivity index (χ0v) is 14.5. The number of thiazole rings is 1. The molecule has 6 heteroatoms. The highest BCUT2D eigenvalue weighted by atomic mass is 32.1. The van der Waals surface area contributed by atoms with E-state index in [1.807, 2.05) is 40.6 Å². The number of rotatable bonds is 7. The van der Waals surface area contributed by atoms with E-state index in [0.29, 0.717) is 18.2 Å². The molecule has 0 unspecified atom stereocenters. The fraction of sp³-hybridized carbons (Fsp3) is 0.444. The predicted molar refractivity (Wildman–Crippen MR) is 95.9 cm³/mol. The highest BCUT2D eigenvalue weighted by molar-refractivity contribution is 7.13. The van der Waals surface area contributed by atoms with Crippen molar-refractivity contribution in [2.75, 3.05) is 18.4 Å². The molecule has 1 aliphatic rings. The number of nitrogens with one attached hydrogen (secondary N) is 1. The fourth-order valence-electron chi connectivity index (χ4n) is 3.26. The Hall–Kier alpha value is -1.76. The van der Waals surface area contributed by atoms with Crippen molar-refractivity contribution in [3.8, 4) is 0 Å². The van der Waals surface area contributed by atoms with Crippen LogP contribution in [0.25, 0.3) is 0 Å². The van der Waals surface area contributed by atoms with Gasteiger partial charge in [-0.3, -0.25) is 9.69 Å². The molecule has 1 saturated carbocycles. The molecule has 1 heterocycles. The van der Waals surface area contributed by atoms with Crippen LogP contribution < -0.4 is 5.32 Å². The van der Waals surface area contributed by atoms with Gasteiger partial charge in [-0.05, 0) is 18.4 Å². The number of aliphatic hydroxyl groups is 1. The summed E-state index contributed by atoms with van der Waals surface area (Å²) in [4.78, 5) is 18.4. The number of amides is 1. The normalized spacial score (nSPS) is 16.4. The van der Waals surface area contributed by atoms with Crippen molar-refractivity contribution >= 4 is 22.4 Å². The van der Waals surface area contributed by atoms with Gasteiger partial charge in [0.2, 0.25) is 5.91 Å².